The zero-order valence-corrected chi connectivity index (χ0v) is 9.43. The summed E-state index contributed by atoms with van der Waals surface area (Å²) in [5, 5.41) is 3.08. The van der Waals surface area contributed by atoms with Crippen LogP contribution in [-0.4, -0.2) is 0 Å². The molecule has 0 aromatic heterocycles. The molecule has 0 unspecified atom stereocenters. The van der Waals surface area contributed by atoms with E-state index < -0.39 is 11.6 Å². The van der Waals surface area contributed by atoms with Crippen LogP contribution >= 0.6 is 11.6 Å². The molecule has 0 saturated carbocycles. The van der Waals surface area contributed by atoms with Gasteiger partial charge in [0, 0.05) is 11.4 Å². The summed E-state index contributed by atoms with van der Waals surface area (Å²) in [5.74, 6) is -0.884. The number of rotatable bonds is 2. The largest absolute Gasteiger partial charge is 0.399 e. The fraction of sp³-hybridized carbons (Fsp3) is 0. The number of hydrogen-bond donors (Lipinski definition) is 2. The van der Waals surface area contributed by atoms with Crippen LogP contribution in [0.2, 0.25) is 5.02 Å². The molecule has 0 aliphatic rings. The van der Waals surface area contributed by atoms with Crippen LogP contribution < -0.4 is 11.1 Å². The van der Waals surface area contributed by atoms with E-state index >= 15 is 0 Å². The van der Waals surface area contributed by atoms with E-state index in [4.69, 9.17) is 17.3 Å². The van der Waals surface area contributed by atoms with Crippen molar-refractivity contribution >= 4 is 28.7 Å². The molecule has 0 spiro atoms. The van der Waals surface area contributed by atoms with Crippen molar-refractivity contribution in [1.82, 2.24) is 0 Å². The number of halogens is 3. The fourth-order valence-corrected chi connectivity index (χ4v) is 1.65. The van der Waals surface area contributed by atoms with Crippen molar-refractivity contribution in [3.05, 3.63) is 53.1 Å². The minimum absolute atomic E-state index is 0.216. The number of nitrogens with one attached hydrogen (secondary N) is 1. The molecule has 0 heterocycles. The zero-order chi connectivity index (χ0) is 12.4. The van der Waals surface area contributed by atoms with Crippen LogP contribution in [0, 0.1) is 11.6 Å². The Kier molecular flexibility index (Phi) is 3.15. The number of anilines is 3. The Hall–Kier alpha value is -1.81. The van der Waals surface area contributed by atoms with Gasteiger partial charge in [0.1, 0.15) is 11.6 Å². The van der Waals surface area contributed by atoms with Crippen LogP contribution in [0.25, 0.3) is 0 Å². The Morgan fingerprint density at radius 3 is 2.41 bits per heavy atom. The van der Waals surface area contributed by atoms with E-state index in [1.807, 2.05) is 0 Å². The molecule has 0 aliphatic heterocycles. The highest BCUT2D eigenvalue weighted by molar-refractivity contribution is 6.33. The zero-order valence-electron chi connectivity index (χ0n) is 8.68. The van der Waals surface area contributed by atoms with Crippen molar-refractivity contribution in [1.29, 1.82) is 0 Å². The second-order valence-corrected chi connectivity index (χ2v) is 3.93. The standard InChI is InChI=1S/C12H9ClF2N2/c13-11-5-7(14)1-2-12(11)17-10-4-8(15)3-9(16)6-10/h1-6,17H,16H2. The van der Waals surface area contributed by atoms with Crippen molar-refractivity contribution in [3.8, 4) is 0 Å². The summed E-state index contributed by atoms with van der Waals surface area (Å²) < 4.78 is 25.9. The Balaban J connectivity index is 2.31. The second-order valence-electron chi connectivity index (χ2n) is 3.52. The van der Waals surface area contributed by atoms with E-state index in [1.54, 1.807) is 6.07 Å². The smallest absolute Gasteiger partial charge is 0.127 e. The van der Waals surface area contributed by atoms with E-state index in [0.717, 1.165) is 0 Å². The van der Waals surface area contributed by atoms with Crippen LogP contribution in [0.15, 0.2) is 36.4 Å². The Labute approximate surface area is 102 Å². The maximum atomic E-state index is 13.1. The van der Waals surface area contributed by atoms with Gasteiger partial charge in [-0.25, -0.2) is 8.78 Å². The minimum atomic E-state index is -0.453. The average Bonchev–Trinajstić information content (AvgIpc) is 2.21. The lowest BCUT2D eigenvalue weighted by Crippen LogP contribution is -1.95. The summed E-state index contributed by atoms with van der Waals surface area (Å²) in [6.07, 6.45) is 0. The molecule has 5 heteroatoms. The molecule has 2 nitrogen and oxygen atoms in total. The molecule has 0 amide bonds. The van der Waals surface area contributed by atoms with Crippen molar-refractivity contribution in [2.75, 3.05) is 11.1 Å². The van der Waals surface area contributed by atoms with Gasteiger partial charge in [-0.3, -0.25) is 0 Å². The predicted molar refractivity (Wildman–Crippen MR) is 65.5 cm³/mol. The summed E-state index contributed by atoms with van der Waals surface area (Å²) in [5.41, 5.74) is 6.74. The van der Waals surface area contributed by atoms with Crippen molar-refractivity contribution in [2.24, 2.45) is 0 Å². The molecular formula is C12H9ClF2N2. The molecule has 0 fully saturated rings. The molecule has 88 valence electrons. The van der Waals surface area contributed by atoms with Gasteiger partial charge >= 0.3 is 0 Å². The quantitative estimate of drug-likeness (QED) is 0.797. The van der Waals surface area contributed by atoms with E-state index in [-0.39, 0.29) is 5.02 Å². The molecule has 2 rings (SSSR count). The highest BCUT2D eigenvalue weighted by atomic mass is 35.5. The lowest BCUT2D eigenvalue weighted by molar-refractivity contribution is 0.627. The molecule has 0 atom stereocenters. The van der Waals surface area contributed by atoms with Gasteiger partial charge in [-0.05, 0) is 36.4 Å². The van der Waals surface area contributed by atoms with Crippen molar-refractivity contribution in [3.63, 3.8) is 0 Å². The van der Waals surface area contributed by atoms with Crippen LogP contribution in [0.1, 0.15) is 0 Å². The lowest BCUT2D eigenvalue weighted by Gasteiger charge is -2.09. The van der Waals surface area contributed by atoms with Crippen LogP contribution in [0.4, 0.5) is 25.8 Å². The van der Waals surface area contributed by atoms with Gasteiger partial charge < -0.3 is 11.1 Å². The lowest BCUT2D eigenvalue weighted by atomic mass is 10.2. The third-order valence-electron chi connectivity index (χ3n) is 2.13. The summed E-state index contributed by atoms with van der Waals surface area (Å²) in [4.78, 5) is 0. The first-order valence-corrected chi connectivity index (χ1v) is 5.20. The van der Waals surface area contributed by atoms with Crippen molar-refractivity contribution in [2.45, 2.75) is 0 Å². The fourth-order valence-electron chi connectivity index (χ4n) is 1.43. The van der Waals surface area contributed by atoms with E-state index in [2.05, 4.69) is 5.32 Å². The monoisotopic (exact) mass is 254 g/mol. The summed E-state index contributed by atoms with van der Waals surface area (Å²) in [7, 11) is 0. The van der Waals surface area contributed by atoms with E-state index in [0.29, 0.717) is 17.1 Å². The summed E-state index contributed by atoms with van der Waals surface area (Å²) in [6, 6.07) is 7.94. The number of benzene rings is 2. The number of nitrogen functional groups attached to an aromatic ring is 1. The molecule has 0 radical (unpaired) electrons. The summed E-state index contributed by atoms with van der Waals surface area (Å²) in [6.45, 7) is 0. The average molecular weight is 255 g/mol. The maximum Gasteiger partial charge on any atom is 0.127 e. The minimum Gasteiger partial charge on any atom is -0.399 e. The van der Waals surface area contributed by atoms with Gasteiger partial charge in [0.25, 0.3) is 0 Å². The summed E-state index contributed by atoms with van der Waals surface area (Å²) >= 11 is 5.83. The first-order chi connectivity index (χ1) is 8.04. The van der Waals surface area contributed by atoms with E-state index in [1.165, 1.54) is 30.3 Å². The molecular weight excluding hydrogens is 246 g/mol. The Morgan fingerprint density at radius 1 is 1.00 bits per heavy atom. The third kappa shape index (κ3) is 2.85. The topological polar surface area (TPSA) is 38.0 Å². The molecule has 17 heavy (non-hydrogen) atoms. The molecule has 0 aliphatic carbocycles. The van der Waals surface area contributed by atoms with Gasteiger partial charge in [0.2, 0.25) is 0 Å². The first-order valence-electron chi connectivity index (χ1n) is 4.83. The van der Waals surface area contributed by atoms with Gasteiger partial charge in [0.15, 0.2) is 0 Å². The molecule has 3 N–H and O–H groups in total. The first kappa shape index (κ1) is 11.7. The Bertz CT molecular complexity index is 538. The molecule has 0 bridgehead atoms. The van der Waals surface area contributed by atoms with Crippen molar-refractivity contribution < 1.29 is 8.78 Å². The van der Waals surface area contributed by atoms with Gasteiger partial charge in [-0.15, -0.1) is 0 Å². The Morgan fingerprint density at radius 2 is 1.76 bits per heavy atom. The van der Waals surface area contributed by atoms with E-state index in [9.17, 15) is 8.78 Å². The molecule has 2 aromatic carbocycles. The van der Waals surface area contributed by atoms with Crippen LogP contribution in [0.5, 0.6) is 0 Å². The highest BCUT2D eigenvalue weighted by Gasteiger charge is 2.04. The molecule has 0 saturated heterocycles. The maximum absolute atomic E-state index is 13.1. The number of nitrogens with two attached hydrogens (primary N) is 1. The van der Waals surface area contributed by atoms with Crippen LogP contribution in [-0.2, 0) is 0 Å². The highest BCUT2D eigenvalue weighted by Crippen LogP contribution is 2.27. The van der Waals surface area contributed by atoms with Gasteiger partial charge in [-0.1, -0.05) is 11.6 Å². The van der Waals surface area contributed by atoms with Gasteiger partial charge in [0.05, 0.1) is 10.7 Å². The normalized spacial score (nSPS) is 10.3. The predicted octanol–water partition coefficient (Wildman–Crippen LogP) is 3.94. The molecule has 2 aromatic rings. The second kappa shape index (κ2) is 4.59. The SMILES string of the molecule is Nc1cc(F)cc(Nc2ccc(F)cc2Cl)c1. The number of hydrogen-bond acceptors (Lipinski definition) is 2. The van der Waals surface area contributed by atoms with Crippen LogP contribution in [0.3, 0.4) is 0 Å². The third-order valence-corrected chi connectivity index (χ3v) is 2.44. The van der Waals surface area contributed by atoms with Gasteiger partial charge in [-0.2, -0.15) is 0 Å².